The lowest BCUT2D eigenvalue weighted by molar-refractivity contribution is 0.102. The lowest BCUT2D eigenvalue weighted by atomic mass is 10.1. The quantitative estimate of drug-likeness (QED) is 0.680. The highest BCUT2D eigenvalue weighted by molar-refractivity contribution is 6.33. The second-order valence-electron chi connectivity index (χ2n) is 6.07. The first-order valence-electron chi connectivity index (χ1n) is 8.35. The number of aryl methyl sites for hydroxylation is 1. The number of rotatable bonds is 4. The molecule has 0 aliphatic heterocycles. The van der Waals surface area contributed by atoms with Gasteiger partial charge >= 0.3 is 0 Å². The molecule has 0 saturated heterocycles. The Morgan fingerprint density at radius 3 is 2.37 bits per heavy atom. The predicted octanol–water partition coefficient (Wildman–Crippen LogP) is 4.86. The lowest BCUT2D eigenvalue weighted by Crippen LogP contribution is -2.17. The van der Waals surface area contributed by atoms with Gasteiger partial charge in [-0.1, -0.05) is 35.9 Å². The second-order valence-corrected chi connectivity index (χ2v) is 6.47. The molecule has 136 valence electrons. The number of para-hydroxylation sites is 1. The van der Waals surface area contributed by atoms with E-state index < -0.39 is 5.91 Å². The van der Waals surface area contributed by atoms with E-state index in [4.69, 9.17) is 11.6 Å². The molecule has 0 aliphatic rings. The minimum Gasteiger partial charge on any atom is -0.322 e. The summed E-state index contributed by atoms with van der Waals surface area (Å²) in [6.45, 7) is 3.93. The number of amides is 2. The van der Waals surface area contributed by atoms with E-state index >= 15 is 0 Å². The van der Waals surface area contributed by atoms with Gasteiger partial charge in [0.15, 0.2) is 0 Å². The average Bonchev–Trinajstić information content (AvgIpc) is 2.67. The molecular formula is C21H18ClN3O2. The molecule has 0 bridgehead atoms. The minimum absolute atomic E-state index is 0.128. The molecule has 3 aromatic rings. The van der Waals surface area contributed by atoms with Crippen LogP contribution in [-0.2, 0) is 0 Å². The molecule has 3 rings (SSSR count). The van der Waals surface area contributed by atoms with Crippen LogP contribution in [0.1, 0.15) is 32.0 Å². The van der Waals surface area contributed by atoms with Gasteiger partial charge in [0.25, 0.3) is 11.8 Å². The number of hydrogen-bond acceptors (Lipinski definition) is 3. The molecule has 2 N–H and O–H groups in total. The standard InChI is InChI=1S/C21H18ClN3O2/c1-13-6-5-9-17(14(13)2)24-20(26)15-10-11-23-19(12-15)21(27)25-18-8-4-3-7-16(18)22/h3-12H,1-2H3,(H,24,26)(H,25,27). The Hall–Kier alpha value is -3.18. The Bertz CT molecular complexity index is 1020. The number of nitrogens with zero attached hydrogens (tertiary/aromatic N) is 1. The van der Waals surface area contributed by atoms with E-state index in [2.05, 4.69) is 15.6 Å². The van der Waals surface area contributed by atoms with Crippen LogP contribution in [0.3, 0.4) is 0 Å². The highest BCUT2D eigenvalue weighted by Gasteiger charge is 2.14. The fourth-order valence-corrected chi connectivity index (χ4v) is 2.71. The third-order valence-electron chi connectivity index (χ3n) is 4.23. The summed E-state index contributed by atoms with van der Waals surface area (Å²) in [5.41, 5.74) is 3.77. The number of halogens is 1. The zero-order valence-corrected chi connectivity index (χ0v) is 15.7. The number of aromatic nitrogens is 1. The summed E-state index contributed by atoms with van der Waals surface area (Å²) in [6.07, 6.45) is 1.43. The molecule has 0 saturated carbocycles. The van der Waals surface area contributed by atoms with Crippen molar-refractivity contribution in [3.05, 3.63) is 88.2 Å². The number of carbonyl (C=O) groups excluding carboxylic acids is 2. The summed E-state index contributed by atoms with van der Waals surface area (Å²) >= 11 is 6.06. The van der Waals surface area contributed by atoms with E-state index in [9.17, 15) is 9.59 Å². The van der Waals surface area contributed by atoms with Crippen LogP contribution in [-0.4, -0.2) is 16.8 Å². The SMILES string of the molecule is Cc1cccc(NC(=O)c2ccnc(C(=O)Nc3ccccc3Cl)c2)c1C. The van der Waals surface area contributed by atoms with Crippen molar-refractivity contribution < 1.29 is 9.59 Å². The predicted molar refractivity (Wildman–Crippen MR) is 108 cm³/mol. The highest BCUT2D eigenvalue weighted by Crippen LogP contribution is 2.21. The third-order valence-corrected chi connectivity index (χ3v) is 4.56. The number of pyridine rings is 1. The summed E-state index contributed by atoms with van der Waals surface area (Å²) < 4.78 is 0. The largest absolute Gasteiger partial charge is 0.322 e. The molecule has 27 heavy (non-hydrogen) atoms. The van der Waals surface area contributed by atoms with Gasteiger partial charge < -0.3 is 10.6 Å². The molecule has 1 heterocycles. The number of hydrogen-bond donors (Lipinski definition) is 2. The van der Waals surface area contributed by atoms with Gasteiger partial charge in [-0.2, -0.15) is 0 Å². The van der Waals surface area contributed by atoms with Gasteiger partial charge in [-0.3, -0.25) is 14.6 Å². The maximum atomic E-state index is 12.6. The molecule has 2 amide bonds. The molecule has 0 fully saturated rings. The first-order chi connectivity index (χ1) is 13.0. The molecule has 2 aromatic carbocycles. The summed E-state index contributed by atoms with van der Waals surface area (Å²) in [7, 11) is 0. The van der Waals surface area contributed by atoms with Crippen LogP contribution in [0.4, 0.5) is 11.4 Å². The number of anilines is 2. The van der Waals surface area contributed by atoms with Gasteiger partial charge in [0.2, 0.25) is 0 Å². The Morgan fingerprint density at radius 1 is 0.889 bits per heavy atom. The van der Waals surface area contributed by atoms with Crippen molar-refractivity contribution in [1.82, 2.24) is 4.98 Å². The van der Waals surface area contributed by atoms with Crippen molar-refractivity contribution in [2.45, 2.75) is 13.8 Å². The van der Waals surface area contributed by atoms with Crippen molar-refractivity contribution >= 4 is 34.8 Å². The van der Waals surface area contributed by atoms with E-state index in [-0.39, 0.29) is 11.6 Å². The summed E-state index contributed by atoms with van der Waals surface area (Å²) in [6, 6.07) is 15.6. The second kappa shape index (κ2) is 8.01. The minimum atomic E-state index is -0.440. The Balaban J connectivity index is 1.78. The van der Waals surface area contributed by atoms with E-state index in [1.165, 1.54) is 12.3 Å². The lowest BCUT2D eigenvalue weighted by Gasteiger charge is -2.11. The van der Waals surface area contributed by atoms with Crippen molar-refractivity contribution in [2.75, 3.05) is 10.6 Å². The van der Waals surface area contributed by atoms with Gasteiger partial charge in [0, 0.05) is 17.4 Å². The van der Waals surface area contributed by atoms with Crippen molar-refractivity contribution in [1.29, 1.82) is 0 Å². The van der Waals surface area contributed by atoms with Gasteiger partial charge in [-0.25, -0.2) is 0 Å². The van der Waals surface area contributed by atoms with Crippen molar-refractivity contribution in [2.24, 2.45) is 0 Å². The van der Waals surface area contributed by atoms with Crippen molar-refractivity contribution in [3.63, 3.8) is 0 Å². The average molecular weight is 380 g/mol. The molecule has 6 heteroatoms. The molecule has 0 aliphatic carbocycles. The number of benzene rings is 2. The Labute approximate surface area is 162 Å². The maximum Gasteiger partial charge on any atom is 0.274 e. The zero-order chi connectivity index (χ0) is 19.4. The molecule has 0 radical (unpaired) electrons. The molecule has 0 spiro atoms. The van der Waals surface area contributed by atoms with Crippen LogP contribution in [0.15, 0.2) is 60.8 Å². The van der Waals surface area contributed by atoms with Crippen LogP contribution in [0.2, 0.25) is 5.02 Å². The smallest absolute Gasteiger partial charge is 0.274 e. The van der Waals surface area contributed by atoms with Crippen LogP contribution in [0.25, 0.3) is 0 Å². The molecule has 0 unspecified atom stereocenters. The van der Waals surface area contributed by atoms with E-state index in [0.717, 1.165) is 16.8 Å². The van der Waals surface area contributed by atoms with E-state index in [1.807, 2.05) is 32.0 Å². The number of nitrogens with one attached hydrogen (secondary N) is 2. The first kappa shape index (κ1) is 18.6. The summed E-state index contributed by atoms with van der Waals surface area (Å²) in [4.78, 5) is 29.1. The van der Waals surface area contributed by atoms with Crippen molar-refractivity contribution in [3.8, 4) is 0 Å². The topological polar surface area (TPSA) is 71.1 Å². The normalized spacial score (nSPS) is 10.3. The van der Waals surface area contributed by atoms with Crippen LogP contribution < -0.4 is 10.6 Å². The Kier molecular flexibility index (Phi) is 5.52. The van der Waals surface area contributed by atoms with Crippen LogP contribution >= 0.6 is 11.6 Å². The first-order valence-corrected chi connectivity index (χ1v) is 8.73. The van der Waals surface area contributed by atoms with Gasteiger partial charge in [0.05, 0.1) is 10.7 Å². The summed E-state index contributed by atoms with van der Waals surface area (Å²) in [5.74, 6) is -0.748. The zero-order valence-electron chi connectivity index (χ0n) is 14.9. The van der Waals surface area contributed by atoms with Crippen LogP contribution in [0, 0.1) is 13.8 Å². The fraction of sp³-hybridized carbons (Fsp3) is 0.0952. The van der Waals surface area contributed by atoms with Gasteiger partial charge in [-0.05, 0) is 55.3 Å². The Morgan fingerprint density at radius 2 is 1.59 bits per heavy atom. The van der Waals surface area contributed by atoms with E-state index in [0.29, 0.717) is 16.3 Å². The fourth-order valence-electron chi connectivity index (χ4n) is 2.53. The number of carbonyl (C=O) groups is 2. The molecular weight excluding hydrogens is 362 g/mol. The molecule has 1 aromatic heterocycles. The van der Waals surface area contributed by atoms with Crippen LogP contribution in [0.5, 0.6) is 0 Å². The third kappa shape index (κ3) is 4.33. The molecule has 0 atom stereocenters. The maximum absolute atomic E-state index is 12.6. The summed E-state index contributed by atoms with van der Waals surface area (Å²) in [5, 5.41) is 5.99. The van der Waals surface area contributed by atoms with Gasteiger partial charge in [-0.15, -0.1) is 0 Å². The van der Waals surface area contributed by atoms with Gasteiger partial charge in [0.1, 0.15) is 5.69 Å². The monoisotopic (exact) mass is 379 g/mol. The highest BCUT2D eigenvalue weighted by atomic mass is 35.5. The molecule has 5 nitrogen and oxygen atoms in total. The van der Waals surface area contributed by atoms with E-state index in [1.54, 1.807) is 30.3 Å².